The molecule has 0 aromatic rings. The maximum atomic E-state index is 11.0. The van der Waals surface area contributed by atoms with E-state index in [0.29, 0.717) is 0 Å². The van der Waals surface area contributed by atoms with Crippen LogP contribution in [-0.2, 0) is 9.53 Å². The molecule has 0 heterocycles. The van der Waals surface area contributed by atoms with Crippen molar-refractivity contribution < 1.29 is 9.53 Å². The summed E-state index contributed by atoms with van der Waals surface area (Å²) < 4.78 is 4.64. The molecule has 0 saturated heterocycles. The molecule has 1 saturated carbocycles. The Kier molecular flexibility index (Phi) is 3.53. The quantitative estimate of drug-likeness (QED) is 0.640. The molecular formula is C9H17NO2. The molecular weight excluding hydrogens is 154 g/mol. The molecule has 1 fully saturated rings. The van der Waals surface area contributed by atoms with E-state index in [0.717, 1.165) is 31.7 Å². The molecule has 0 aromatic heterocycles. The van der Waals surface area contributed by atoms with Gasteiger partial charge in [-0.15, -0.1) is 0 Å². The van der Waals surface area contributed by atoms with Gasteiger partial charge in [0.1, 0.15) is 0 Å². The largest absolute Gasteiger partial charge is 0.469 e. The van der Waals surface area contributed by atoms with Crippen LogP contribution in [0.25, 0.3) is 0 Å². The van der Waals surface area contributed by atoms with Gasteiger partial charge < -0.3 is 10.5 Å². The van der Waals surface area contributed by atoms with Crippen molar-refractivity contribution >= 4 is 5.97 Å². The molecule has 0 bridgehead atoms. The lowest BCUT2D eigenvalue weighted by Gasteiger charge is -2.33. The summed E-state index contributed by atoms with van der Waals surface area (Å²) in [6.07, 6.45) is 4.27. The lowest BCUT2D eigenvalue weighted by atomic mass is 9.73. The van der Waals surface area contributed by atoms with Crippen molar-refractivity contribution in [1.82, 2.24) is 0 Å². The summed E-state index contributed by atoms with van der Waals surface area (Å²) in [5, 5.41) is 0. The maximum Gasteiger partial charge on any atom is 0.308 e. The molecule has 12 heavy (non-hydrogen) atoms. The first-order valence-corrected chi connectivity index (χ1v) is 4.55. The molecule has 0 radical (unpaired) electrons. The molecule has 3 nitrogen and oxygen atoms in total. The molecule has 2 N–H and O–H groups in total. The molecule has 1 rings (SSSR count). The van der Waals surface area contributed by atoms with Gasteiger partial charge in [0.2, 0.25) is 0 Å². The van der Waals surface area contributed by atoms with Crippen LogP contribution < -0.4 is 5.73 Å². The number of ether oxygens (including phenoxy) is 1. The topological polar surface area (TPSA) is 52.3 Å². The summed E-state index contributed by atoms with van der Waals surface area (Å²) in [5.74, 6) is 0.856. The van der Waals surface area contributed by atoms with E-state index in [-0.39, 0.29) is 11.9 Å². The van der Waals surface area contributed by atoms with Crippen LogP contribution in [0, 0.1) is 11.8 Å². The minimum atomic E-state index is -0.0426. The number of nitrogens with two attached hydrogens (primary N) is 1. The SMILES string of the molecule is COC(=O)C1CC(CCCN)C1. The number of carbonyl (C=O) groups excluding carboxylic acids is 1. The number of esters is 1. The fraction of sp³-hybridized carbons (Fsp3) is 0.889. The van der Waals surface area contributed by atoms with Crippen LogP contribution >= 0.6 is 0 Å². The second kappa shape index (κ2) is 4.45. The highest BCUT2D eigenvalue weighted by Crippen LogP contribution is 2.37. The van der Waals surface area contributed by atoms with E-state index in [2.05, 4.69) is 4.74 Å². The van der Waals surface area contributed by atoms with Crippen molar-refractivity contribution in [2.24, 2.45) is 17.6 Å². The third-order valence-electron chi connectivity index (χ3n) is 2.59. The van der Waals surface area contributed by atoms with E-state index in [1.165, 1.54) is 13.5 Å². The van der Waals surface area contributed by atoms with Crippen LogP contribution in [0.3, 0.4) is 0 Å². The van der Waals surface area contributed by atoms with Crippen LogP contribution in [0.5, 0.6) is 0 Å². The van der Waals surface area contributed by atoms with Crippen molar-refractivity contribution in [3.8, 4) is 0 Å². The standard InChI is InChI=1S/C9H17NO2/c1-12-9(11)8-5-7(6-8)3-2-4-10/h7-8H,2-6,10H2,1H3. The highest BCUT2D eigenvalue weighted by molar-refractivity contribution is 5.73. The van der Waals surface area contributed by atoms with E-state index in [1.807, 2.05) is 0 Å². The monoisotopic (exact) mass is 171 g/mol. The zero-order valence-electron chi connectivity index (χ0n) is 7.58. The maximum absolute atomic E-state index is 11.0. The van der Waals surface area contributed by atoms with Gasteiger partial charge in [0.15, 0.2) is 0 Å². The first kappa shape index (κ1) is 9.52. The van der Waals surface area contributed by atoms with E-state index in [1.54, 1.807) is 0 Å². The molecule has 0 aliphatic heterocycles. The lowest BCUT2D eigenvalue weighted by molar-refractivity contribution is -0.150. The highest BCUT2D eigenvalue weighted by Gasteiger charge is 2.34. The summed E-state index contributed by atoms with van der Waals surface area (Å²) in [7, 11) is 1.45. The fourth-order valence-corrected chi connectivity index (χ4v) is 1.74. The number of carbonyl (C=O) groups is 1. The Morgan fingerprint density at radius 1 is 1.58 bits per heavy atom. The molecule has 3 heteroatoms. The van der Waals surface area contributed by atoms with Gasteiger partial charge in [-0.2, -0.15) is 0 Å². The van der Waals surface area contributed by atoms with Crippen molar-refractivity contribution in [2.45, 2.75) is 25.7 Å². The summed E-state index contributed by atoms with van der Waals surface area (Å²) >= 11 is 0. The summed E-state index contributed by atoms with van der Waals surface area (Å²) in [6.45, 7) is 0.763. The van der Waals surface area contributed by atoms with Crippen LogP contribution in [0.2, 0.25) is 0 Å². The van der Waals surface area contributed by atoms with E-state index in [4.69, 9.17) is 5.73 Å². The third kappa shape index (κ3) is 2.21. The van der Waals surface area contributed by atoms with Crippen molar-refractivity contribution in [1.29, 1.82) is 0 Å². The Morgan fingerprint density at radius 3 is 2.75 bits per heavy atom. The molecule has 70 valence electrons. The molecule has 0 aromatic carbocycles. The molecule has 1 aliphatic rings. The van der Waals surface area contributed by atoms with Crippen molar-refractivity contribution in [3.63, 3.8) is 0 Å². The zero-order valence-corrected chi connectivity index (χ0v) is 7.58. The van der Waals surface area contributed by atoms with Gasteiger partial charge in [-0.05, 0) is 38.1 Å². The second-order valence-corrected chi connectivity index (χ2v) is 3.49. The summed E-state index contributed by atoms with van der Waals surface area (Å²) in [4.78, 5) is 11.0. The lowest BCUT2D eigenvalue weighted by Crippen LogP contribution is -2.31. The van der Waals surface area contributed by atoms with Crippen LogP contribution in [0.4, 0.5) is 0 Å². The van der Waals surface area contributed by atoms with Crippen LogP contribution in [-0.4, -0.2) is 19.6 Å². The van der Waals surface area contributed by atoms with Crippen molar-refractivity contribution in [3.05, 3.63) is 0 Å². The molecule has 0 unspecified atom stereocenters. The van der Waals surface area contributed by atoms with E-state index >= 15 is 0 Å². The molecule has 1 aliphatic carbocycles. The number of hydrogen-bond acceptors (Lipinski definition) is 3. The van der Waals surface area contributed by atoms with Crippen LogP contribution in [0.15, 0.2) is 0 Å². The number of methoxy groups -OCH3 is 1. The molecule has 0 atom stereocenters. The average Bonchev–Trinajstić information content (AvgIpc) is 2.01. The van der Waals surface area contributed by atoms with Gasteiger partial charge in [-0.1, -0.05) is 0 Å². The fourth-order valence-electron chi connectivity index (χ4n) is 1.74. The first-order valence-electron chi connectivity index (χ1n) is 4.55. The number of hydrogen-bond donors (Lipinski definition) is 1. The predicted octanol–water partition coefficient (Wildman–Crippen LogP) is 0.924. The van der Waals surface area contributed by atoms with Gasteiger partial charge in [0.25, 0.3) is 0 Å². The highest BCUT2D eigenvalue weighted by atomic mass is 16.5. The Balaban J connectivity index is 2.07. The van der Waals surface area contributed by atoms with Gasteiger partial charge in [0, 0.05) is 0 Å². The van der Waals surface area contributed by atoms with Crippen molar-refractivity contribution in [2.75, 3.05) is 13.7 Å². The zero-order chi connectivity index (χ0) is 8.97. The Hall–Kier alpha value is -0.570. The average molecular weight is 171 g/mol. The Morgan fingerprint density at radius 2 is 2.25 bits per heavy atom. The van der Waals surface area contributed by atoms with E-state index < -0.39 is 0 Å². The minimum Gasteiger partial charge on any atom is -0.469 e. The third-order valence-corrected chi connectivity index (χ3v) is 2.59. The first-order chi connectivity index (χ1) is 5.77. The predicted molar refractivity (Wildman–Crippen MR) is 46.5 cm³/mol. The number of rotatable bonds is 4. The Bertz CT molecular complexity index is 153. The smallest absolute Gasteiger partial charge is 0.308 e. The van der Waals surface area contributed by atoms with Gasteiger partial charge in [-0.25, -0.2) is 0 Å². The van der Waals surface area contributed by atoms with Gasteiger partial charge in [0.05, 0.1) is 13.0 Å². The van der Waals surface area contributed by atoms with Crippen LogP contribution in [0.1, 0.15) is 25.7 Å². The molecule has 0 spiro atoms. The Labute approximate surface area is 73.3 Å². The van der Waals surface area contributed by atoms with E-state index in [9.17, 15) is 4.79 Å². The normalized spacial score (nSPS) is 27.8. The minimum absolute atomic E-state index is 0.0426. The molecule has 0 amide bonds. The van der Waals surface area contributed by atoms with Gasteiger partial charge in [-0.3, -0.25) is 4.79 Å². The second-order valence-electron chi connectivity index (χ2n) is 3.49. The van der Waals surface area contributed by atoms with Gasteiger partial charge >= 0.3 is 5.97 Å². The summed E-state index contributed by atoms with van der Waals surface area (Å²) in [5.41, 5.74) is 5.38. The summed E-state index contributed by atoms with van der Waals surface area (Å²) in [6, 6.07) is 0.